The second kappa shape index (κ2) is 6.72. The molecule has 0 bridgehead atoms. The summed E-state index contributed by atoms with van der Waals surface area (Å²) in [4.78, 5) is 16.7. The van der Waals surface area contributed by atoms with Gasteiger partial charge in [-0.3, -0.25) is 15.1 Å². The van der Waals surface area contributed by atoms with Crippen molar-refractivity contribution in [3.05, 3.63) is 49.6 Å². The predicted octanol–water partition coefficient (Wildman–Crippen LogP) is 4.95. The molecule has 0 aliphatic carbocycles. The van der Waals surface area contributed by atoms with Crippen molar-refractivity contribution in [1.29, 1.82) is 0 Å². The maximum absolute atomic E-state index is 10.9. The number of rotatable bonds is 4. The molecule has 2 heterocycles. The van der Waals surface area contributed by atoms with E-state index in [4.69, 9.17) is 16.0 Å². The van der Waals surface area contributed by atoms with Crippen molar-refractivity contribution in [2.24, 2.45) is 4.99 Å². The van der Waals surface area contributed by atoms with Crippen molar-refractivity contribution >= 4 is 51.0 Å². The first kappa shape index (κ1) is 16.0. The van der Waals surface area contributed by atoms with Gasteiger partial charge < -0.3 is 9.32 Å². The molecule has 0 N–H and O–H groups in total. The molecule has 3 rings (SSSR count). The Bertz CT molecular complexity index is 769. The van der Waals surface area contributed by atoms with Crippen LogP contribution in [-0.4, -0.2) is 24.2 Å². The first-order valence-electron chi connectivity index (χ1n) is 7.07. The van der Waals surface area contributed by atoms with Crippen molar-refractivity contribution in [3.63, 3.8) is 0 Å². The van der Waals surface area contributed by atoms with E-state index in [0.29, 0.717) is 11.4 Å². The lowest BCUT2D eigenvalue weighted by atomic mass is 10.3. The van der Waals surface area contributed by atoms with Crippen LogP contribution in [0.2, 0.25) is 5.02 Å². The van der Waals surface area contributed by atoms with Gasteiger partial charge in [0.1, 0.15) is 10.8 Å². The average Bonchev–Trinajstić information content (AvgIpc) is 3.15. The van der Waals surface area contributed by atoms with Crippen molar-refractivity contribution in [1.82, 2.24) is 0 Å². The van der Waals surface area contributed by atoms with Crippen LogP contribution in [0.3, 0.4) is 0 Å². The molecule has 1 saturated heterocycles. The lowest BCUT2D eigenvalue weighted by molar-refractivity contribution is -0.384. The molecule has 0 radical (unpaired) electrons. The first-order chi connectivity index (χ1) is 11.0. The van der Waals surface area contributed by atoms with Crippen LogP contribution >= 0.6 is 27.5 Å². The van der Waals surface area contributed by atoms with Gasteiger partial charge in [0, 0.05) is 25.2 Å². The molecular weight excluding hydrogens is 386 g/mol. The number of anilines is 1. The molecular formula is C15H13BrClN3O3. The topological polar surface area (TPSA) is 71.9 Å². The van der Waals surface area contributed by atoms with E-state index in [0.717, 1.165) is 36.3 Å². The Morgan fingerprint density at radius 1 is 1.35 bits per heavy atom. The largest absolute Gasteiger partial charge is 0.438 e. The average molecular weight is 399 g/mol. The molecule has 0 amide bonds. The minimum absolute atomic E-state index is 0.0889. The van der Waals surface area contributed by atoms with Gasteiger partial charge in [0.15, 0.2) is 0 Å². The maximum atomic E-state index is 10.9. The highest BCUT2D eigenvalue weighted by atomic mass is 79.9. The normalized spacial score (nSPS) is 14.8. The zero-order valence-electron chi connectivity index (χ0n) is 12.0. The molecule has 1 aliphatic rings. The van der Waals surface area contributed by atoms with E-state index in [1.165, 1.54) is 18.3 Å². The van der Waals surface area contributed by atoms with Gasteiger partial charge >= 0.3 is 0 Å². The number of aliphatic imine (C=N–C) groups is 1. The lowest BCUT2D eigenvalue weighted by Gasteiger charge is -2.13. The predicted molar refractivity (Wildman–Crippen MR) is 93.2 cm³/mol. The van der Waals surface area contributed by atoms with Gasteiger partial charge in [0.05, 0.1) is 21.3 Å². The van der Waals surface area contributed by atoms with E-state index in [1.54, 1.807) is 6.07 Å². The zero-order valence-corrected chi connectivity index (χ0v) is 14.4. The summed E-state index contributed by atoms with van der Waals surface area (Å²) in [6.45, 7) is 1.96. The minimum Gasteiger partial charge on any atom is -0.438 e. The van der Waals surface area contributed by atoms with E-state index >= 15 is 0 Å². The molecule has 1 aliphatic heterocycles. The van der Waals surface area contributed by atoms with Gasteiger partial charge in [-0.2, -0.15) is 0 Å². The van der Waals surface area contributed by atoms with E-state index in [9.17, 15) is 10.1 Å². The van der Waals surface area contributed by atoms with E-state index in [-0.39, 0.29) is 10.7 Å². The third-order valence-electron chi connectivity index (χ3n) is 3.55. The van der Waals surface area contributed by atoms with Crippen molar-refractivity contribution < 1.29 is 9.34 Å². The van der Waals surface area contributed by atoms with Gasteiger partial charge in [0.2, 0.25) is 5.88 Å². The summed E-state index contributed by atoms with van der Waals surface area (Å²) < 4.78 is 6.67. The van der Waals surface area contributed by atoms with Crippen LogP contribution < -0.4 is 4.90 Å². The summed E-state index contributed by atoms with van der Waals surface area (Å²) in [5.74, 6) is 1.38. The number of furan rings is 1. The van der Waals surface area contributed by atoms with Gasteiger partial charge in [-0.25, -0.2) is 0 Å². The Morgan fingerprint density at radius 3 is 2.78 bits per heavy atom. The summed E-state index contributed by atoms with van der Waals surface area (Å²) in [7, 11) is 0. The number of nitro benzene ring substituents is 1. The van der Waals surface area contributed by atoms with Crippen LogP contribution in [0.5, 0.6) is 0 Å². The molecule has 0 atom stereocenters. The highest BCUT2D eigenvalue weighted by Crippen LogP contribution is 2.32. The summed E-state index contributed by atoms with van der Waals surface area (Å²) in [6.07, 6.45) is 3.85. The minimum atomic E-state index is -0.531. The fraction of sp³-hybridized carbons (Fsp3) is 0.267. The van der Waals surface area contributed by atoms with Gasteiger partial charge in [-0.15, -0.1) is 0 Å². The highest BCUT2D eigenvalue weighted by molar-refractivity contribution is 9.10. The van der Waals surface area contributed by atoms with Gasteiger partial charge in [-0.1, -0.05) is 11.6 Å². The Balaban J connectivity index is 1.81. The molecule has 0 unspecified atom stereocenters. The Hall–Kier alpha value is -1.86. The molecule has 2 aromatic rings. The molecule has 120 valence electrons. The third kappa shape index (κ3) is 3.56. The monoisotopic (exact) mass is 397 g/mol. The molecule has 23 heavy (non-hydrogen) atoms. The molecule has 1 aromatic heterocycles. The SMILES string of the molecule is O=[N+]([O-])c1cc(N=Cc2cc(Br)c(N3CCCC3)o2)ccc1Cl. The summed E-state index contributed by atoms with van der Waals surface area (Å²) in [5.41, 5.74) is 0.274. The van der Waals surface area contributed by atoms with Crippen LogP contribution in [0.4, 0.5) is 17.3 Å². The van der Waals surface area contributed by atoms with Crippen molar-refractivity contribution in [2.45, 2.75) is 12.8 Å². The summed E-state index contributed by atoms with van der Waals surface area (Å²) in [5, 5.41) is 11.0. The zero-order chi connectivity index (χ0) is 16.4. The van der Waals surface area contributed by atoms with E-state index < -0.39 is 4.92 Å². The van der Waals surface area contributed by atoms with Crippen LogP contribution in [0.25, 0.3) is 0 Å². The van der Waals surface area contributed by atoms with Crippen LogP contribution in [-0.2, 0) is 0 Å². The van der Waals surface area contributed by atoms with E-state index in [2.05, 4.69) is 25.8 Å². The molecule has 0 saturated carbocycles. The maximum Gasteiger partial charge on any atom is 0.290 e. The molecule has 0 spiro atoms. The second-order valence-corrected chi connectivity index (χ2v) is 6.41. The fourth-order valence-corrected chi connectivity index (χ4v) is 3.18. The Kier molecular flexibility index (Phi) is 4.68. The van der Waals surface area contributed by atoms with Crippen LogP contribution in [0.15, 0.2) is 38.1 Å². The molecule has 1 aromatic carbocycles. The molecule has 1 fully saturated rings. The van der Waals surface area contributed by atoms with Gasteiger partial charge in [0.25, 0.3) is 5.69 Å². The number of benzene rings is 1. The smallest absolute Gasteiger partial charge is 0.290 e. The Morgan fingerprint density at radius 2 is 2.09 bits per heavy atom. The molecule has 8 heteroatoms. The molecule has 6 nitrogen and oxygen atoms in total. The van der Waals surface area contributed by atoms with Crippen LogP contribution in [0, 0.1) is 10.1 Å². The number of nitro groups is 1. The van der Waals surface area contributed by atoms with Crippen molar-refractivity contribution in [3.8, 4) is 0 Å². The van der Waals surface area contributed by atoms with Crippen molar-refractivity contribution in [2.75, 3.05) is 18.0 Å². The van der Waals surface area contributed by atoms with Crippen LogP contribution in [0.1, 0.15) is 18.6 Å². The Labute approximate surface area is 146 Å². The third-order valence-corrected chi connectivity index (χ3v) is 4.44. The summed E-state index contributed by atoms with van der Waals surface area (Å²) in [6, 6.07) is 6.24. The number of hydrogen-bond acceptors (Lipinski definition) is 5. The number of hydrogen-bond donors (Lipinski definition) is 0. The second-order valence-electron chi connectivity index (χ2n) is 5.15. The summed E-state index contributed by atoms with van der Waals surface area (Å²) >= 11 is 9.27. The highest BCUT2D eigenvalue weighted by Gasteiger charge is 2.19. The fourth-order valence-electron chi connectivity index (χ4n) is 2.44. The first-order valence-corrected chi connectivity index (χ1v) is 8.24. The standard InChI is InChI=1S/C15H13BrClN3O3/c16-12-8-11(23-15(12)19-5-1-2-6-19)9-18-10-3-4-13(17)14(7-10)20(21)22/h3-4,7-9H,1-2,5-6H2. The number of halogens is 2. The quantitative estimate of drug-likeness (QED) is 0.415. The van der Waals surface area contributed by atoms with E-state index in [1.807, 2.05) is 6.07 Å². The number of nitrogens with zero attached hydrogens (tertiary/aromatic N) is 3. The lowest BCUT2D eigenvalue weighted by Crippen LogP contribution is -2.17. The van der Waals surface area contributed by atoms with Gasteiger partial charge in [-0.05, 0) is 40.9 Å².